The van der Waals surface area contributed by atoms with Crippen LogP contribution in [0, 0.1) is 25.2 Å². The van der Waals surface area contributed by atoms with Gasteiger partial charge < -0.3 is 10.2 Å². The summed E-state index contributed by atoms with van der Waals surface area (Å²) in [5, 5.41) is 12.0. The number of aryl methyl sites for hydroxylation is 1. The lowest BCUT2D eigenvalue weighted by Crippen LogP contribution is -2.34. The van der Waals surface area contributed by atoms with Crippen molar-refractivity contribution < 1.29 is 4.79 Å². The zero-order valence-corrected chi connectivity index (χ0v) is 21.7. The summed E-state index contributed by atoms with van der Waals surface area (Å²) in [5.74, 6) is 1.45. The maximum absolute atomic E-state index is 12.7. The van der Waals surface area contributed by atoms with Crippen molar-refractivity contribution >= 4 is 17.3 Å². The molecule has 2 aliphatic rings. The molecular weight excluding hydrogens is 430 g/mol. The second kappa shape index (κ2) is 12.4. The second-order valence-corrected chi connectivity index (χ2v) is 10.7. The molecule has 2 aromatic carbocycles. The minimum Gasteiger partial charge on any atom is -0.384 e. The number of nitrogens with one attached hydrogen (secondary N) is 2. The SMILES string of the molecule is Cc1cccc(C2CCCC(CCCCNc3ccccc3C(=N)C(=O)N3CCCC3)CC2)c1C. The van der Waals surface area contributed by atoms with Crippen molar-refractivity contribution in [3.8, 4) is 0 Å². The fraction of sp³-hybridized carbons (Fsp3) is 0.548. The van der Waals surface area contributed by atoms with Crippen LogP contribution in [0.15, 0.2) is 42.5 Å². The lowest BCUT2D eigenvalue weighted by atomic mass is 9.86. The molecule has 1 aliphatic carbocycles. The van der Waals surface area contributed by atoms with E-state index in [0.717, 1.165) is 62.0 Å². The van der Waals surface area contributed by atoms with Gasteiger partial charge in [0.15, 0.2) is 0 Å². The highest BCUT2D eigenvalue weighted by molar-refractivity contribution is 6.45. The van der Waals surface area contributed by atoms with Crippen LogP contribution in [0.2, 0.25) is 0 Å². The number of hydrogen-bond donors (Lipinski definition) is 2. The Labute approximate surface area is 212 Å². The quantitative estimate of drug-likeness (QED) is 0.229. The monoisotopic (exact) mass is 473 g/mol. The van der Waals surface area contributed by atoms with Crippen molar-refractivity contribution in [1.29, 1.82) is 5.41 Å². The number of nitrogens with zero attached hydrogens (tertiary/aromatic N) is 1. The van der Waals surface area contributed by atoms with E-state index in [2.05, 4.69) is 37.4 Å². The number of carbonyl (C=O) groups excluding carboxylic acids is 1. The Bertz CT molecular complexity index is 1010. The normalized spacial score (nSPS) is 20.5. The number of carbonyl (C=O) groups is 1. The van der Waals surface area contributed by atoms with Gasteiger partial charge in [0.05, 0.1) is 0 Å². The molecule has 0 spiro atoms. The number of hydrogen-bond acceptors (Lipinski definition) is 3. The molecular formula is C31H43N3O. The first-order chi connectivity index (χ1) is 17.0. The van der Waals surface area contributed by atoms with Gasteiger partial charge in [0.1, 0.15) is 5.71 Å². The number of likely N-dealkylation sites (tertiary alicyclic amines) is 1. The molecule has 2 fully saturated rings. The lowest BCUT2D eigenvalue weighted by Gasteiger charge is -2.19. The van der Waals surface area contributed by atoms with Crippen LogP contribution in [0.5, 0.6) is 0 Å². The van der Waals surface area contributed by atoms with Crippen molar-refractivity contribution in [2.75, 3.05) is 25.0 Å². The van der Waals surface area contributed by atoms with E-state index in [9.17, 15) is 4.79 Å². The van der Waals surface area contributed by atoms with Gasteiger partial charge in [-0.2, -0.15) is 0 Å². The van der Waals surface area contributed by atoms with Crippen LogP contribution in [-0.4, -0.2) is 36.2 Å². The molecule has 4 heteroatoms. The average molecular weight is 474 g/mol. The maximum Gasteiger partial charge on any atom is 0.272 e. The van der Waals surface area contributed by atoms with Gasteiger partial charge in [-0.1, -0.05) is 62.1 Å². The number of unbranched alkanes of at least 4 members (excludes halogenated alkanes) is 1. The Balaban J connectivity index is 1.21. The Morgan fingerprint density at radius 3 is 2.57 bits per heavy atom. The van der Waals surface area contributed by atoms with Gasteiger partial charge in [0.2, 0.25) is 0 Å². The fourth-order valence-electron chi connectivity index (χ4n) is 6.02. The van der Waals surface area contributed by atoms with Gasteiger partial charge in [0.25, 0.3) is 5.91 Å². The molecule has 4 nitrogen and oxygen atoms in total. The molecule has 35 heavy (non-hydrogen) atoms. The summed E-state index contributed by atoms with van der Waals surface area (Å²) in [6.45, 7) is 6.98. The summed E-state index contributed by atoms with van der Waals surface area (Å²) in [6.07, 6.45) is 12.5. The minimum atomic E-state index is -0.135. The molecule has 2 unspecified atom stereocenters. The van der Waals surface area contributed by atoms with Crippen molar-refractivity contribution in [3.63, 3.8) is 0 Å². The van der Waals surface area contributed by atoms with Crippen LogP contribution in [0.3, 0.4) is 0 Å². The fourth-order valence-corrected chi connectivity index (χ4v) is 6.02. The van der Waals surface area contributed by atoms with E-state index < -0.39 is 0 Å². The summed E-state index contributed by atoms with van der Waals surface area (Å²) in [5.41, 5.74) is 6.26. The van der Waals surface area contributed by atoms with Gasteiger partial charge >= 0.3 is 0 Å². The van der Waals surface area contributed by atoms with Gasteiger partial charge in [-0.25, -0.2) is 0 Å². The Hall–Kier alpha value is -2.62. The van der Waals surface area contributed by atoms with E-state index in [1.54, 1.807) is 5.56 Å². The molecule has 2 aromatic rings. The molecule has 0 bridgehead atoms. The molecule has 4 rings (SSSR count). The van der Waals surface area contributed by atoms with Gasteiger partial charge in [-0.15, -0.1) is 0 Å². The van der Waals surface area contributed by atoms with Crippen LogP contribution in [0.1, 0.15) is 92.4 Å². The molecule has 0 aromatic heterocycles. The molecule has 1 saturated heterocycles. The highest BCUT2D eigenvalue weighted by Crippen LogP contribution is 2.37. The Morgan fingerprint density at radius 2 is 1.74 bits per heavy atom. The van der Waals surface area contributed by atoms with E-state index in [1.807, 2.05) is 29.2 Å². The average Bonchev–Trinajstić information content (AvgIpc) is 3.32. The number of benzene rings is 2. The topological polar surface area (TPSA) is 56.2 Å². The summed E-state index contributed by atoms with van der Waals surface area (Å²) in [7, 11) is 0. The van der Waals surface area contributed by atoms with Crippen LogP contribution >= 0.6 is 0 Å². The van der Waals surface area contributed by atoms with Crippen LogP contribution in [0.25, 0.3) is 0 Å². The third kappa shape index (κ3) is 6.54. The summed E-state index contributed by atoms with van der Waals surface area (Å²) < 4.78 is 0. The molecule has 2 N–H and O–H groups in total. The number of para-hydroxylation sites is 1. The van der Waals surface area contributed by atoms with E-state index in [4.69, 9.17) is 5.41 Å². The summed E-state index contributed by atoms with van der Waals surface area (Å²) >= 11 is 0. The highest BCUT2D eigenvalue weighted by Gasteiger charge is 2.24. The first kappa shape index (κ1) is 25.5. The third-order valence-corrected chi connectivity index (χ3v) is 8.33. The summed E-state index contributed by atoms with van der Waals surface area (Å²) in [4.78, 5) is 14.5. The van der Waals surface area contributed by atoms with Crippen LogP contribution in [-0.2, 0) is 4.79 Å². The Morgan fingerprint density at radius 1 is 0.943 bits per heavy atom. The predicted molar refractivity (Wildman–Crippen MR) is 147 cm³/mol. The zero-order chi connectivity index (χ0) is 24.6. The zero-order valence-electron chi connectivity index (χ0n) is 21.7. The molecule has 0 radical (unpaired) electrons. The van der Waals surface area contributed by atoms with E-state index in [-0.39, 0.29) is 11.6 Å². The van der Waals surface area contributed by atoms with Crippen LogP contribution in [0.4, 0.5) is 5.69 Å². The predicted octanol–water partition coefficient (Wildman–Crippen LogP) is 7.24. The molecule has 1 saturated carbocycles. The van der Waals surface area contributed by atoms with Crippen molar-refractivity contribution in [2.45, 2.75) is 84.0 Å². The molecule has 2 atom stereocenters. The molecule has 1 aliphatic heterocycles. The number of rotatable bonds is 9. The smallest absolute Gasteiger partial charge is 0.272 e. The van der Waals surface area contributed by atoms with Crippen LogP contribution < -0.4 is 5.32 Å². The molecule has 1 heterocycles. The maximum atomic E-state index is 12.7. The van der Waals surface area contributed by atoms with Gasteiger partial charge in [-0.05, 0) is 87.0 Å². The van der Waals surface area contributed by atoms with E-state index in [0.29, 0.717) is 0 Å². The largest absolute Gasteiger partial charge is 0.384 e. The first-order valence-corrected chi connectivity index (χ1v) is 13.8. The van der Waals surface area contributed by atoms with Crippen molar-refractivity contribution in [2.24, 2.45) is 5.92 Å². The van der Waals surface area contributed by atoms with Gasteiger partial charge in [0, 0.05) is 30.9 Å². The standard InChI is InChI=1S/C31H43N3O/c1-23-11-9-16-27(24(23)2)26-14-10-13-25(18-19-26)12-5-6-20-33-29-17-4-3-15-28(29)30(32)31(35)34-21-7-8-22-34/h3-4,9,11,15-17,25-26,32-33H,5-8,10,12-14,18-22H2,1-2H3. The first-order valence-electron chi connectivity index (χ1n) is 13.8. The molecule has 188 valence electrons. The summed E-state index contributed by atoms with van der Waals surface area (Å²) in [6, 6.07) is 14.6. The number of amides is 1. The highest BCUT2D eigenvalue weighted by atomic mass is 16.2. The van der Waals surface area contributed by atoms with E-state index >= 15 is 0 Å². The lowest BCUT2D eigenvalue weighted by molar-refractivity contribution is -0.123. The second-order valence-electron chi connectivity index (χ2n) is 10.7. The number of anilines is 1. The van der Waals surface area contributed by atoms with Crippen molar-refractivity contribution in [1.82, 2.24) is 4.90 Å². The van der Waals surface area contributed by atoms with Crippen molar-refractivity contribution in [3.05, 3.63) is 64.7 Å². The minimum absolute atomic E-state index is 0.117. The van der Waals surface area contributed by atoms with E-state index in [1.165, 1.54) is 56.1 Å². The van der Waals surface area contributed by atoms with Gasteiger partial charge in [-0.3, -0.25) is 10.2 Å². The third-order valence-electron chi connectivity index (χ3n) is 8.33. The molecule has 1 amide bonds. The Kier molecular flexibility index (Phi) is 9.01.